The van der Waals surface area contributed by atoms with Crippen molar-refractivity contribution in [3.63, 3.8) is 0 Å². The van der Waals surface area contributed by atoms with Crippen LogP contribution < -0.4 is 10.8 Å². The zero-order chi connectivity index (χ0) is 79.6. The molecule has 22 heteroatoms. The van der Waals surface area contributed by atoms with Crippen LogP contribution in [0.1, 0.15) is 167 Å². The molecule has 6 aromatic rings. The van der Waals surface area contributed by atoms with Crippen molar-refractivity contribution in [1.82, 2.24) is 39.8 Å². The van der Waals surface area contributed by atoms with E-state index in [1.54, 1.807) is 51.3 Å². The number of ketones is 2. The Morgan fingerprint density at radius 2 is 1.16 bits per heavy atom. The number of benzene rings is 4. The molecule has 9 rings (SSSR count). The summed E-state index contributed by atoms with van der Waals surface area (Å²) in [6.45, 7) is 29.4. The Morgan fingerprint density at radius 1 is 0.583 bits per heavy atom. The van der Waals surface area contributed by atoms with Gasteiger partial charge in [-0.1, -0.05) is 161 Å². The second-order valence-electron chi connectivity index (χ2n) is 33.0. The van der Waals surface area contributed by atoms with Gasteiger partial charge in [-0.3, -0.25) is 48.3 Å². The van der Waals surface area contributed by atoms with Crippen molar-refractivity contribution in [2.45, 2.75) is 228 Å². The highest BCUT2D eigenvalue weighted by molar-refractivity contribution is 6.62. The normalized spacial score (nSPS) is 24.3. The number of cyclic esters (lactones) is 1. The molecule has 0 bridgehead atoms. The third kappa shape index (κ3) is 20.0. The highest BCUT2D eigenvalue weighted by Gasteiger charge is 2.53. The molecule has 108 heavy (non-hydrogen) atoms. The van der Waals surface area contributed by atoms with Crippen LogP contribution in [0.5, 0.6) is 0 Å². The molecule has 0 spiro atoms. The molecular formula is C86H117BN8O13. The highest BCUT2D eigenvalue weighted by Crippen LogP contribution is 2.38. The van der Waals surface area contributed by atoms with E-state index in [2.05, 4.69) is 61.2 Å². The first-order valence-electron chi connectivity index (χ1n) is 38.6. The largest absolute Gasteiger partial charge is 0.494 e. The molecule has 11 atom stereocenters. The van der Waals surface area contributed by atoms with E-state index < -0.39 is 125 Å². The number of esters is 1. The quantitative estimate of drug-likeness (QED) is 0.0716. The number of aromatic nitrogens is 2. The molecule has 0 saturated carbocycles. The number of hydrogen-bond acceptors (Lipinski definition) is 15. The summed E-state index contributed by atoms with van der Waals surface area (Å²) in [5, 5.41) is 19.0. The van der Waals surface area contributed by atoms with Crippen molar-refractivity contribution in [1.29, 1.82) is 0 Å². The van der Waals surface area contributed by atoms with Crippen LogP contribution in [-0.2, 0) is 70.0 Å². The number of Topliss-reactive ketones (excluding diaryl/α,β-unsaturated/α-hetero) is 2. The third-order valence-corrected chi connectivity index (χ3v) is 22.7. The van der Waals surface area contributed by atoms with E-state index in [9.17, 15) is 19.5 Å². The van der Waals surface area contributed by atoms with Crippen LogP contribution in [0, 0.1) is 41.4 Å². The van der Waals surface area contributed by atoms with Crippen molar-refractivity contribution in [2.75, 3.05) is 34.7 Å². The number of amides is 6. The smallest absolute Gasteiger partial charge is 0.450 e. The van der Waals surface area contributed by atoms with Gasteiger partial charge in [0.05, 0.1) is 28.9 Å². The number of aliphatic hydroxyl groups is 1. The lowest BCUT2D eigenvalue weighted by Gasteiger charge is -2.39. The predicted molar refractivity (Wildman–Crippen MR) is 422 cm³/mol. The minimum Gasteiger partial charge on any atom is -0.450 e. The van der Waals surface area contributed by atoms with Gasteiger partial charge < -0.3 is 49.0 Å². The van der Waals surface area contributed by atoms with E-state index in [1.807, 2.05) is 140 Å². The maximum absolute atomic E-state index is 15.8. The lowest BCUT2D eigenvalue weighted by Crippen LogP contribution is -2.61. The Morgan fingerprint density at radius 3 is 1.74 bits per heavy atom. The molecule has 2 N–H and O–H groups in total. The summed E-state index contributed by atoms with van der Waals surface area (Å²) in [4.78, 5) is 152. The number of hydrogen-bond donors (Lipinski definition) is 2. The fourth-order valence-electron chi connectivity index (χ4n) is 15.5. The Labute approximate surface area is 640 Å². The molecule has 4 aromatic carbocycles. The Balaban J connectivity index is 0.000000662. The topological polar surface area (TPSA) is 256 Å². The Kier molecular flexibility index (Phi) is 28.5. The molecule has 582 valence electrons. The molecule has 3 unspecified atom stereocenters. The molecule has 0 aliphatic carbocycles. The third-order valence-electron chi connectivity index (χ3n) is 22.7. The van der Waals surface area contributed by atoms with Gasteiger partial charge in [0.2, 0.25) is 29.5 Å². The van der Waals surface area contributed by atoms with Crippen LogP contribution in [0.15, 0.2) is 128 Å². The van der Waals surface area contributed by atoms with E-state index in [-0.39, 0.29) is 74.6 Å². The molecular weight excluding hydrogens is 1360 g/mol. The first-order valence-corrected chi connectivity index (χ1v) is 38.6. The number of ether oxygens (including phenoxy) is 1. The van der Waals surface area contributed by atoms with Crippen molar-refractivity contribution in [2.24, 2.45) is 41.4 Å². The highest BCUT2D eigenvalue weighted by atomic mass is 16.7. The zero-order valence-electron chi connectivity index (χ0n) is 67.3. The van der Waals surface area contributed by atoms with Gasteiger partial charge in [0.1, 0.15) is 18.1 Å². The zero-order valence-corrected chi connectivity index (χ0v) is 67.3. The summed E-state index contributed by atoms with van der Waals surface area (Å²) in [6.07, 6.45) is 6.93. The van der Waals surface area contributed by atoms with Gasteiger partial charge in [0.15, 0.2) is 23.7 Å². The molecule has 5 heterocycles. The van der Waals surface area contributed by atoms with Crippen LogP contribution in [0.25, 0.3) is 32.7 Å². The lowest BCUT2D eigenvalue weighted by molar-refractivity contribution is -0.178. The van der Waals surface area contributed by atoms with Crippen LogP contribution in [0.3, 0.4) is 0 Å². The molecule has 3 aliphatic heterocycles. The van der Waals surface area contributed by atoms with E-state index in [0.717, 1.165) is 43.0 Å². The average Bonchev–Trinajstić information content (AvgIpc) is 1.62. The second kappa shape index (κ2) is 36.2. The fraction of sp³-hybridized carbons (Fsp3) is 0.547. The number of rotatable bonds is 15. The van der Waals surface area contributed by atoms with E-state index in [0.29, 0.717) is 36.8 Å². The number of nitrogens with zero attached hydrogens (tertiary/aromatic N) is 7. The van der Waals surface area contributed by atoms with Gasteiger partial charge in [-0.25, -0.2) is 4.79 Å². The number of likely N-dealkylation sites (N-methyl/N-ethyl adjacent to an activating group) is 4. The molecule has 3 saturated heterocycles. The van der Waals surface area contributed by atoms with Crippen molar-refractivity contribution in [3.8, 4) is 11.1 Å². The number of fused-ring (bicyclic) bond motifs is 3. The van der Waals surface area contributed by atoms with Crippen LogP contribution in [0.2, 0.25) is 0 Å². The van der Waals surface area contributed by atoms with Crippen LogP contribution in [0.4, 0.5) is 0 Å². The molecule has 21 nitrogen and oxygen atoms in total. The molecule has 3 aliphatic rings. The fourth-order valence-corrected chi connectivity index (χ4v) is 15.5. The van der Waals surface area contributed by atoms with Gasteiger partial charge in [0.25, 0.3) is 5.91 Å². The van der Waals surface area contributed by atoms with Crippen molar-refractivity contribution >= 4 is 87.1 Å². The summed E-state index contributed by atoms with van der Waals surface area (Å²) in [5.74, 6) is -9.50. The van der Waals surface area contributed by atoms with E-state index >= 15 is 28.8 Å². The summed E-state index contributed by atoms with van der Waals surface area (Å²) in [7, 11) is 5.55. The van der Waals surface area contributed by atoms with Crippen molar-refractivity contribution in [3.05, 3.63) is 139 Å². The van der Waals surface area contributed by atoms with Crippen LogP contribution in [-0.4, -0.2) is 194 Å². The number of pyridine rings is 2. The summed E-state index contributed by atoms with van der Waals surface area (Å²) >= 11 is 0. The number of carbonyl (C=O) groups excluding carboxylic acids is 9. The number of carbonyl (C=O) groups is 9. The maximum atomic E-state index is 15.8. The van der Waals surface area contributed by atoms with Gasteiger partial charge >= 0.3 is 13.1 Å². The molecule has 2 aromatic heterocycles. The Hall–Kier alpha value is -8.73. The standard InChI is InChI=1S/C71H99N7O11.C15H18BNO2/c1-17-45(9)54-40-58(79)56-28-23-33-78(56)68(85)57(37-48-26-22-27-49(35-48)50-29-30-52-41-72-32-31-51(52)38-50)74(13)67(84)55(36-47-24-20-19-21-25-47)73-64(81)61(44(7)8)76(15)69(86)62(46(10)18-2)89-70(87)63(71(11,12)88)77(16)65(82)53(34-42(3)4)39-59(80)60(43(5)6)75(14)66(54)83;1-14(2)15(3,4)19-16(18-14)13-6-5-12-10-17-8-7-11(12)9-13/h19-22,24-27,29-32,35,38,41-46,53-57,60-63,88H,17-18,23,28,33-34,36-37,39-40H2,1-16H3,(H,73,81);5-10H,1-4H3/t45?,46?,53?,54-,55-,56-,57-,60-,61-,62+,63+;/m0./s1. The van der Waals surface area contributed by atoms with Gasteiger partial charge in [-0.2, -0.15) is 0 Å². The predicted octanol–water partition coefficient (Wildman–Crippen LogP) is 11.3. The maximum Gasteiger partial charge on any atom is 0.494 e. The summed E-state index contributed by atoms with van der Waals surface area (Å²) < 4.78 is 18.3. The summed E-state index contributed by atoms with van der Waals surface area (Å²) in [6, 6.07) is 25.6. The monoisotopic (exact) mass is 1480 g/mol. The number of nitrogens with one attached hydrogen (secondary N) is 1. The molecule has 6 amide bonds. The van der Waals surface area contributed by atoms with E-state index in [4.69, 9.17) is 14.0 Å². The average molecular weight is 1480 g/mol. The first-order chi connectivity index (χ1) is 50.8. The minimum absolute atomic E-state index is 0.00847. The van der Waals surface area contributed by atoms with Crippen molar-refractivity contribution < 1.29 is 62.3 Å². The molecule has 0 radical (unpaired) electrons. The summed E-state index contributed by atoms with van der Waals surface area (Å²) in [5.41, 5.74) is 1.69. The molecule has 3 fully saturated rings. The lowest BCUT2D eigenvalue weighted by atomic mass is 9.78. The SMILES string of the molecule is CC1(C)OB(c2ccc3cnccc3c2)OC1(C)C.CCC(C)[C@@H]1CC(=O)[C@@H]2CCCN2C(=O)[C@H](Cc2cccc(-c3ccc4cnccc4c3)c2)N(C)C(=O)[C@H](Cc2ccccc2)NC(=O)[C@H](C(C)C)N(C)C(=O)[C@@H](C(C)CC)OC(=O)[C@H](C(C)(C)O)N(C)C(=O)C(CC(C)C)CC(=O)[C@H](C(C)C)N(C)C1=O. The van der Waals surface area contributed by atoms with Gasteiger partial charge in [-0.05, 0) is 153 Å². The van der Waals surface area contributed by atoms with Gasteiger partial charge in [0, 0.05) is 108 Å². The van der Waals surface area contributed by atoms with Crippen LogP contribution >= 0.6 is 0 Å². The van der Waals surface area contributed by atoms with E-state index in [1.165, 1.54) is 49.7 Å². The van der Waals surface area contributed by atoms with Gasteiger partial charge in [-0.15, -0.1) is 0 Å². The first kappa shape index (κ1) is 84.9. The second-order valence-corrected chi connectivity index (χ2v) is 33.0. The minimum atomic E-state index is -1.95. The Bertz CT molecular complexity index is 4160.